The minimum Gasteiger partial charge on any atom is -0.465 e. The zero-order valence-electron chi connectivity index (χ0n) is 52.2. The molecule has 7 aliphatic rings. The predicted molar refractivity (Wildman–Crippen MR) is 319 cm³/mol. The third-order valence-corrected chi connectivity index (χ3v) is 18.6. The number of carbonyl (C=O) groups is 2. The fourth-order valence-electron chi connectivity index (χ4n) is 13.5. The summed E-state index contributed by atoms with van der Waals surface area (Å²) >= 11 is 0. The summed E-state index contributed by atoms with van der Waals surface area (Å²) in [6.07, 6.45) is 11.4. The van der Waals surface area contributed by atoms with Crippen molar-refractivity contribution >= 4 is 11.9 Å². The highest BCUT2D eigenvalue weighted by molar-refractivity contribution is 5.79. The van der Waals surface area contributed by atoms with Gasteiger partial charge in [-0.1, -0.05) is 75.5 Å². The second-order valence-electron chi connectivity index (χ2n) is 26.4. The number of fused-ring (bicyclic) bond motifs is 1. The Morgan fingerprint density at radius 2 is 1.61 bits per heavy atom. The van der Waals surface area contributed by atoms with Crippen molar-refractivity contribution in [3.05, 3.63) is 71.9 Å². The Labute approximate surface area is 514 Å². The molecule has 0 aliphatic carbocycles. The zero-order valence-corrected chi connectivity index (χ0v) is 52.2. The molecular weight excluding hydrogens is 1130 g/mol. The lowest BCUT2D eigenvalue weighted by Gasteiger charge is -2.50. The normalized spacial score (nSPS) is 36.1. The molecular formula is C66H104O21. The van der Waals surface area contributed by atoms with Crippen molar-refractivity contribution in [1.82, 2.24) is 0 Å². The molecule has 0 aromatic rings. The van der Waals surface area contributed by atoms with Gasteiger partial charge in [-0.05, 0) is 133 Å². The molecule has 0 radical (unpaired) electrons. The van der Waals surface area contributed by atoms with Crippen molar-refractivity contribution < 1.29 is 103 Å². The number of allylic oxidation sites excluding steroid dienone is 3. The van der Waals surface area contributed by atoms with Crippen molar-refractivity contribution in [1.29, 1.82) is 0 Å². The van der Waals surface area contributed by atoms with E-state index >= 15 is 0 Å². The lowest BCUT2D eigenvalue weighted by atomic mass is 9.79. The molecule has 7 rings (SSSR count). The average Bonchev–Trinajstić information content (AvgIpc) is 1.99. The van der Waals surface area contributed by atoms with Crippen LogP contribution in [0.5, 0.6) is 0 Å². The lowest BCUT2D eigenvalue weighted by molar-refractivity contribution is -0.321. The first kappa shape index (κ1) is 71.1. The molecule has 0 aromatic carbocycles. The Bertz CT molecular complexity index is 2360. The minimum absolute atomic E-state index is 0.0253. The van der Waals surface area contributed by atoms with Crippen LogP contribution in [-0.2, 0) is 52.2 Å². The van der Waals surface area contributed by atoms with Crippen LogP contribution in [0.25, 0.3) is 0 Å². The van der Waals surface area contributed by atoms with Gasteiger partial charge in [-0.25, -0.2) is 4.79 Å². The molecule has 6 fully saturated rings. The summed E-state index contributed by atoms with van der Waals surface area (Å²) in [5.41, 5.74) is 0.150. The molecule has 0 bridgehead atoms. The summed E-state index contributed by atoms with van der Waals surface area (Å²) in [6.45, 7) is 15.7. The highest BCUT2D eigenvalue weighted by atomic mass is 16.7. The van der Waals surface area contributed by atoms with E-state index in [9.17, 15) is 55.5 Å². The van der Waals surface area contributed by atoms with Gasteiger partial charge in [0.05, 0.1) is 81.2 Å². The Hall–Kier alpha value is -3.30. The molecule has 22 atom stereocenters. The van der Waals surface area contributed by atoms with Gasteiger partial charge in [-0.15, -0.1) is 0 Å². The Balaban J connectivity index is 0.792. The maximum Gasteiger partial charge on any atom is 0.338 e. The highest BCUT2D eigenvalue weighted by Gasteiger charge is 2.55. The van der Waals surface area contributed by atoms with Crippen LogP contribution < -0.4 is 0 Å². The number of hydrogen-bond donors (Lipinski definition) is 10. The molecule has 8 unspecified atom stereocenters. The van der Waals surface area contributed by atoms with E-state index in [1.807, 2.05) is 19.9 Å². The molecule has 6 saturated heterocycles. The molecule has 0 aromatic heterocycles. The average molecular weight is 1230 g/mol. The van der Waals surface area contributed by atoms with Crippen molar-refractivity contribution in [3.63, 3.8) is 0 Å². The predicted octanol–water partition coefficient (Wildman–Crippen LogP) is 5.41. The fraction of sp³-hybridized carbons (Fsp3) is 0.788. The van der Waals surface area contributed by atoms with Gasteiger partial charge in [-0.3, -0.25) is 4.79 Å². The van der Waals surface area contributed by atoms with Crippen LogP contribution in [0.15, 0.2) is 71.9 Å². The third-order valence-electron chi connectivity index (χ3n) is 18.6. The summed E-state index contributed by atoms with van der Waals surface area (Å²) in [7, 11) is 0. The largest absolute Gasteiger partial charge is 0.465 e. The molecule has 7 heterocycles. The number of aliphatic hydroxyl groups is 10. The topological polar surface area (TPSA) is 320 Å². The summed E-state index contributed by atoms with van der Waals surface area (Å²) in [6, 6.07) is 0. The molecule has 21 nitrogen and oxygen atoms in total. The first-order valence-corrected chi connectivity index (χ1v) is 32.1. The lowest BCUT2D eigenvalue weighted by Crippen LogP contribution is -2.60. The van der Waals surface area contributed by atoms with E-state index in [1.54, 1.807) is 43.4 Å². The number of esters is 2. The number of rotatable bonds is 28. The van der Waals surface area contributed by atoms with Crippen molar-refractivity contribution in [3.8, 4) is 0 Å². The first-order valence-electron chi connectivity index (χ1n) is 32.1. The molecule has 0 saturated carbocycles. The fourth-order valence-corrected chi connectivity index (χ4v) is 13.5. The maximum absolute atomic E-state index is 13.3. The smallest absolute Gasteiger partial charge is 0.338 e. The van der Waals surface area contributed by atoms with Crippen LogP contribution >= 0.6 is 0 Å². The highest BCUT2D eigenvalue weighted by Crippen LogP contribution is 2.48. The maximum atomic E-state index is 13.3. The Morgan fingerprint density at radius 3 is 2.36 bits per heavy atom. The van der Waals surface area contributed by atoms with Crippen LogP contribution in [0.2, 0.25) is 0 Å². The van der Waals surface area contributed by atoms with E-state index in [4.69, 9.17) is 47.7 Å². The molecule has 494 valence electrons. The Kier molecular flexibility index (Phi) is 26.4. The first-order chi connectivity index (χ1) is 41.3. The van der Waals surface area contributed by atoms with E-state index in [0.29, 0.717) is 87.9 Å². The summed E-state index contributed by atoms with van der Waals surface area (Å²) in [4.78, 5) is 25.5. The summed E-state index contributed by atoms with van der Waals surface area (Å²) in [5.74, 6) is -3.99. The number of ether oxygens (including phenoxy) is 9. The van der Waals surface area contributed by atoms with Crippen molar-refractivity contribution in [2.45, 2.75) is 284 Å². The molecule has 3 spiro atoms. The summed E-state index contributed by atoms with van der Waals surface area (Å²) < 4.78 is 56.7. The van der Waals surface area contributed by atoms with Crippen molar-refractivity contribution in [2.75, 3.05) is 26.4 Å². The van der Waals surface area contributed by atoms with Gasteiger partial charge in [-0.2, -0.15) is 0 Å². The van der Waals surface area contributed by atoms with Gasteiger partial charge in [0.25, 0.3) is 0 Å². The molecule has 0 amide bonds. The number of carbonyl (C=O) groups excluding carboxylic acids is 2. The van der Waals surface area contributed by atoms with Crippen LogP contribution in [0.3, 0.4) is 0 Å². The standard InChI is InChI=1S/C66H104O21/c1-40(16-10-9-14-30-79-56(74)18-12-8-11-17-46(68)34-47(69)35-50(70)58(76)52(72)38-67)39-80-62(77)63(7,78)37-49-21-22-55(73)66(84-49)36-41(2)32-54(85-66)42(3)19-20-48-24-28-65(83-48)29-25-53-61(87-65)57(75)45(6)60(82-53)51(71)33-44(5)59-43(4)23-27-64(86-59)26-13-15-31-81-64/h8-10,12,16,19-20,36,42-44,46-55,57-61,67-73,75-76,78H,6,11,13-15,17-18,21-35,37-39H2,1-5,7H3/b10-9+,12-8-,20-19+,40-16+/t42-,43-,44+,46?,47?,48+,49+,50?,51+,52?,53?,54+,55-,57-,58?,59?,60+,61?,63-,64+,65-,66-/m1/s1. The van der Waals surface area contributed by atoms with E-state index in [1.165, 1.54) is 6.92 Å². The minimum atomic E-state index is -1.91. The Morgan fingerprint density at radius 1 is 0.851 bits per heavy atom. The van der Waals surface area contributed by atoms with E-state index in [2.05, 4.69) is 26.5 Å². The zero-order chi connectivity index (χ0) is 63.3. The van der Waals surface area contributed by atoms with Crippen LogP contribution in [-0.4, -0.2) is 204 Å². The van der Waals surface area contributed by atoms with E-state index < -0.39 is 115 Å². The number of aliphatic hydroxyl groups excluding tert-OH is 9. The molecule has 7 aliphatic heterocycles. The second kappa shape index (κ2) is 32.3. The molecule has 87 heavy (non-hydrogen) atoms. The third kappa shape index (κ3) is 19.6. The van der Waals surface area contributed by atoms with Gasteiger partial charge in [0.2, 0.25) is 5.79 Å². The van der Waals surface area contributed by atoms with Gasteiger partial charge >= 0.3 is 11.9 Å². The molecule has 21 heteroatoms. The van der Waals surface area contributed by atoms with E-state index in [-0.39, 0.29) is 75.5 Å². The van der Waals surface area contributed by atoms with Gasteiger partial charge < -0.3 is 93.7 Å². The summed E-state index contributed by atoms with van der Waals surface area (Å²) in [5, 5.41) is 104. The van der Waals surface area contributed by atoms with Gasteiger partial charge in [0.1, 0.15) is 43.2 Å². The number of hydrogen-bond acceptors (Lipinski definition) is 21. The van der Waals surface area contributed by atoms with Crippen LogP contribution in [0.1, 0.15) is 170 Å². The SMILES string of the molecule is C=C1[C@@H](O)C2O[C@@]3(CCC2O[C@@H]1[C@@H](O)C[C@H](C)C1O[C@@]2(CCCCO2)CC[C@H]1C)CC[C@H](/C=C/[C@@H](C)[C@@H]1CC(C)=C[C@@]2(O[C@H](C[C@@](C)(O)C(=O)OC/C(C)=C/C=C/CCOC(=O)C/C=C\CCC(O)CC(O)CC(O)C(O)C(O)CO)CC[C@H]2O)O1)O3. The van der Waals surface area contributed by atoms with Crippen molar-refractivity contribution in [2.24, 2.45) is 17.8 Å². The monoisotopic (exact) mass is 1230 g/mol. The van der Waals surface area contributed by atoms with Crippen LogP contribution in [0.4, 0.5) is 0 Å². The van der Waals surface area contributed by atoms with E-state index in [0.717, 1.165) is 37.7 Å². The van der Waals surface area contributed by atoms with Crippen LogP contribution in [0, 0.1) is 17.8 Å². The molecule has 10 N–H and O–H groups in total. The van der Waals surface area contributed by atoms with Gasteiger partial charge in [0, 0.05) is 44.4 Å². The quantitative estimate of drug-likeness (QED) is 0.0203. The second-order valence-corrected chi connectivity index (χ2v) is 26.4. The van der Waals surface area contributed by atoms with Gasteiger partial charge in [0.15, 0.2) is 17.2 Å².